The molecule has 1 heterocycles. The van der Waals surface area contributed by atoms with Crippen molar-refractivity contribution in [2.24, 2.45) is 0 Å². The Kier molecular flexibility index (Phi) is 4.52. The molecular formula is C19H16N2O3. The fourth-order valence-corrected chi connectivity index (χ4v) is 2.43. The summed E-state index contributed by atoms with van der Waals surface area (Å²) in [6.45, 7) is 2.06. The SMILES string of the molecule is CCOC(=O)/C=C/c1ccccc1-n1ncc2ccccc2c1=O. The lowest BCUT2D eigenvalue weighted by molar-refractivity contribution is -0.137. The fourth-order valence-electron chi connectivity index (χ4n) is 2.43. The largest absolute Gasteiger partial charge is 0.463 e. The van der Waals surface area contributed by atoms with Crippen molar-refractivity contribution >= 4 is 22.8 Å². The average Bonchev–Trinajstić information content (AvgIpc) is 2.61. The molecule has 0 atom stereocenters. The minimum Gasteiger partial charge on any atom is -0.463 e. The molecule has 120 valence electrons. The van der Waals surface area contributed by atoms with E-state index in [2.05, 4.69) is 5.10 Å². The van der Waals surface area contributed by atoms with Crippen LogP contribution in [0.5, 0.6) is 0 Å². The second-order valence-corrected chi connectivity index (χ2v) is 5.09. The van der Waals surface area contributed by atoms with Gasteiger partial charge in [0, 0.05) is 17.0 Å². The minimum absolute atomic E-state index is 0.204. The van der Waals surface area contributed by atoms with Crippen molar-refractivity contribution in [1.82, 2.24) is 9.78 Å². The van der Waals surface area contributed by atoms with Gasteiger partial charge in [0.1, 0.15) is 0 Å². The van der Waals surface area contributed by atoms with Crippen molar-refractivity contribution in [1.29, 1.82) is 0 Å². The van der Waals surface area contributed by atoms with Gasteiger partial charge in [0.15, 0.2) is 0 Å². The molecule has 0 aliphatic rings. The fraction of sp³-hybridized carbons (Fsp3) is 0.105. The molecule has 0 radical (unpaired) electrons. The molecule has 24 heavy (non-hydrogen) atoms. The topological polar surface area (TPSA) is 61.2 Å². The quantitative estimate of drug-likeness (QED) is 0.548. The molecule has 0 amide bonds. The van der Waals surface area contributed by atoms with Crippen molar-refractivity contribution in [2.45, 2.75) is 6.92 Å². The van der Waals surface area contributed by atoms with Crippen molar-refractivity contribution < 1.29 is 9.53 Å². The number of carbonyl (C=O) groups excluding carboxylic acids is 1. The van der Waals surface area contributed by atoms with Gasteiger partial charge in [-0.15, -0.1) is 0 Å². The van der Waals surface area contributed by atoms with Crippen molar-refractivity contribution in [3.8, 4) is 5.69 Å². The molecule has 1 aromatic heterocycles. The number of hydrogen-bond donors (Lipinski definition) is 0. The van der Waals surface area contributed by atoms with Crippen LogP contribution in [0.15, 0.2) is 65.6 Å². The van der Waals surface area contributed by atoms with Gasteiger partial charge in [-0.25, -0.2) is 4.79 Å². The van der Waals surface area contributed by atoms with Crippen LogP contribution in [0.3, 0.4) is 0 Å². The third kappa shape index (κ3) is 3.10. The standard InChI is InChI=1S/C19H16N2O3/c1-2-24-18(22)12-11-14-7-4-6-10-17(14)21-19(23)16-9-5-3-8-15(16)13-20-21/h3-13H,2H2,1H3/b12-11+. The van der Waals surface area contributed by atoms with E-state index in [1.807, 2.05) is 36.4 Å². The molecule has 2 aromatic carbocycles. The van der Waals surface area contributed by atoms with Gasteiger partial charge >= 0.3 is 5.97 Å². The van der Waals surface area contributed by atoms with Crippen LogP contribution in [-0.4, -0.2) is 22.4 Å². The highest BCUT2D eigenvalue weighted by atomic mass is 16.5. The zero-order valence-corrected chi connectivity index (χ0v) is 13.2. The Hall–Kier alpha value is -3.21. The van der Waals surface area contributed by atoms with Crippen LogP contribution < -0.4 is 5.56 Å². The van der Waals surface area contributed by atoms with E-state index in [0.29, 0.717) is 23.2 Å². The first-order valence-electron chi connectivity index (χ1n) is 7.62. The van der Waals surface area contributed by atoms with E-state index >= 15 is 0 Å². The van der Waals surface area contributed by atoms with E-state index in [0.717, 1.165) is 5.39 Å². The van der Waals surface area contributed by atoms with Gasteiger partial charge in [-0.3, -0.25) is 4.79 Å². The molecule has 0 aliphatic heterocycles. The Labute approximate surface area is 138 Å². The Morgan fingerprint density at radius 2 is 1.92 bits per heavy atom. The molecule has 0 bridgehead atoms. The zero-order valence-electron chi connectivity index (χ0n) is 13.2. The lowest BCUT2D eigenvalue weighted by Gasteiger charge is -2.09. The number of carbonyl (C=O) groups is 1. The number of fused-ring (bicyclic) bond motifs is 1. The van der Waals surface area contributed by atoms with E-state index in [9.17, 15) is 9.59 Å². The monoisotopic (exact) mass is 320 g/mol. The number of esters is 1. The molecule has 3 rings (SSSR count). The lowest BCUT2D eigenvalue weighted by Crippen LogP contribution is -2.21. The van der Waals surface area contributed by atoms with Crippen molar-refractivity contribution in [3.63, 3.8) is 0 Å². The summed E-state index contributed by atoms with van der Waals surface area (Å²) in [6.07, 6.45) is 4.62. The maximum absolute atomic E-state index is 12.7. The smallest absolute Gasteiger partial charge is 0.330 e. The third-order valence-electron chi connectivity index (χ3n) is 3.55. The molecular weight excluding hydrogens is 304 g/mol. The molecule has 5 heteroatoms. The van der Waals surface area contributed by atoms with Gasteiger partial charge < -0.3 is 4.74 Å². The zero-order chi connectivity index (χ0) is 16.9. The molecule has 0 fully saturated rings. The van der Waals surface area contributed by atoms with Crippen LogP contribution in [0.25, 0.3) is 22.5 Å². The molecule has 5 nitrogen and oxygen atoms in total. The van der Waals surface area contributed by atoms with Gasteiger partial charge in [0.2, 0.25) is 0 Å². The summed E-state index contributed by atoms with van der Waals surface area (Å²) in [5, 5.41) is 5.64. The Morgan fingerprint density at radius 3 is 2.75 bits per heavy atom. The molecule has 0 unspecified atom stereocenters. The van der Waals surface area contributed by atoms with E-state index < -0.39 is 5.97 Å². The normalized spacial score (nSPS) is 11.0. The molecule has 0 saturated carbocycles. The second-order valence-electron chi connectivity index (χ2n) is 5.09. The van der Waals surface area contributed by atoms with Gasteiger partial charge in [-0.1, -0.05) is 36.4 Å². The number of nitrogens with zero attached hydrogens (tertiary/aromatic N) is 2. The summed E-state index contributed by atoms with van der Waals surface area (Å²) >= 11 is 0. The van der Waals surface area contributed by atoms with Crippen LogP contribution in [0, 0.1) is 0 Å². The Bertz CT molecular complexity index is 974. The van der Waals surface area contributed by atoms with Gasteiger partial charge in [0.05, 0.1) is 23.9 Å². The summed E-state index contributed by atoms with van der Waals surface area (Å²) in [5.74, 6) is -0.425. The van der Waals surface area contributed by atoms with Crippen molar-refractivity contribution in [2.75, 3.05) is 6.61 Å². The number of ether oxygens (including phenoxy) is 1. The summed E-state index contributed by atoms with van der Waals surface area (Å²) < 4.78 is 6.22. The third-order valence-corrected chi connectivity index (χ3v) is 3.55. The van der Waals surface area contributed by atoms with Gasteiger partial charge in [-0.05, 0) is 25.1 Å². The number of aromatic nitrogens is 2. The summed E-state index contributed by atoms with van der Waals surface area (Å²) in [7, 11) is 0. The maximum atomic E-state index is 12.7. The van der Waals surface area contributed by atoms with E-state index in [4.69, 9.17) is 4.74 Å². The number of rotatable bonds is 4. The van der Waals surface area contributed by atoms with Crippen LogP contribution in [0.2, 0.25) is 0 Å². The van der Waals surface area contributed by atoms with Crippen LogP contribution >= 0.6 is 0 Å². The molecule has 0 spiro atoms. The van der Waals surface area contributed by atoms with Crippen LogP contribution in [0.4, 0.5) is 0 Å². The van der Waals surface area contributed by atoms with E-state index in [1.165, 1.54) is 10.8 Å². The highest BCUT2D eigenvalue weighted by Crippen LogP contribution is 2.15. The first-order valence-corrected chi connectivity index (χ1v) is 7.62. The Balaban J connectivity index is 2.09. The average molecular weight is 320 g/mol. The van der Waals surface area contributed by atoms with Crippen LogP contribution in [-0.2, 0) is 9.53 Å². The molecule has 0 N–H and O–H groups in total. The maximum Gasteiger partial charge on any atom is 0.330 e. The highest BCUT2D eigenvalue weighted by Gasteiger charge is 2.08. The minimum atomic E-state index is -0.425. The summed E-state index contributed by atoms with van der Waals surface area (Å²) in [6, 6.07) is 14.6. The first kappa shape index (κ1) is 15.7. The van der Waals surface area contributed by atoms with Gasteiger partial charge in [-0.2, -0.15) is 9.78 Å². The number of para-hydroxylation sites is 1. The highest BCUT2D eigenvalue weighted by molar-refractivity contribution is 5.88. The van der Waals surface area contributed by atoms with Crippen molar-refractivity contribution in [3.05, 3.63) is 76.7 Å². The Morgan fingerprint density at radius 1 is 1.17 bits per heavy atom. The molecule has 0 saturated heterocycles. The predicted molar refractivity (Wildman–Crippen MR) is 93.0 cm³/mol. The second kappa shape index (κ2) is 6.91. The number of benzene rings is 2. The lowest BCUT2D eigenvalue weighted by atomic mass is 10.1. The molecule has 0 aliphatic carbocycles. The number of hydrogen-bond acceptors (Lipinski definition) is 4. The van der Waals surface area contributed by atoms with E-state index in [1.54, 1.807) is 31.3 Å². The first-order chi connectivity index (χ1) is 11.7. The predicted octanol–water partition coefficient (Wildman–Crippen LogP) is 2.96. The summed E-state index contributed by atoms with van der Waals surface area (Å²) in [5.41, 5.74) is 1.11. The van der Waals surface area contributed by atoms with E-state index in [-0.39, 0.29) is 5.56 Å². The van der Waals surface area contributed by atoms with Crippen LogP contribution in [0.1, 0.15) is 12.5 Å². The molecule has 3 aromatic rings. The van der Waals surface area contributed by atoms with Gasteiger partial charge in [0.25, 0.3) is 5.56 Å². The summed E-state index contributed by atoms with van der Waals surface area (Å²) in [4.78, 5) is 24.2.